The van der Waals surface area contributed by atoms with E-state index in [1.54, 1.807) is 12.7 Å². The Bertz CT molecular complexity index is 895. The number of piperidine rings is 1. The fourth-order valence-electron chi connectivity index (χ4n) is 4.08. The van der Waals surface area contributed by atoms with E-state index >= 15 is 0 Å². The predicted molar refractivity (Wildman–Crippen MR) is 85.2 cm³/mol. The number of fused-ring (bicyclic) bond motifs is 5. The minimum Gasteiger partial charge on any atom is -0.348 e. The van der Waals surface area contributed by atoms with Gasteiger partial charge in [0.05, 0.1) is 29.4 Å². The third-order valence-corrected chi connectivity index (χ3v) is 5.22. The van der Waals surface area contributed by atoms with Gasteiger partial charge < -0.3 is 14.9 Å². The predicted octanol–water partition coefficient (Wildman–Crippen LogP) is 2.23. The Morgan fingerprint density at radius 2 is 2.13 bits per heavy atom. The van der Waals surface area contributed by atoms with Crippen LogP contribution in [0, 0.1) is 0 Å². The molecule has 1 amide bonds. The van der Waals surface area contributed by atoms with Crippen molar-refractivity contribution in [3.63, 3.8) is 0 Å². The van der Waals surface area contributed by atoms with Crippen LogP contribution in [0.3, 0.4) is 0 Å². The summed E-state index contributed by atoms with van der Waals surface area (Å²) < 4.78 is 0. The molecule has 1 fully saturated rings. The Morgan fingerprint density at radius 3 is 3.09 bits per heavy atom. The first-order valence-electron chi connectivity index (χ1n) is 8.06. The molecule has 3 heterocycles. The first-order valence-corrected chi connectivity index (χ1v) is 8.06. The van der Waals surface area contributed by atoms with Gasteiger partial charge in [0.1, 0.15) is 0 Å². The van der Waals surface area contributed by atoms with Gasteiger partial charge in [-0.05, 0) is 31.0 Å². The van der Waals surface area contributed by atoms with E-state index in [4.69, 9.17) is 0 Å². The Morgan fingerprint density at radius 1 is 1.22 bits per heavy atom. The summed E-state index contributed by atoms with van der Waals surface area (Å²) in [5.74, 6) is 0.613. The van der Waals surface area contributed by atoms with Gasteiger partial charge in [-0.3, -0.25) is 4.79 Å². The SMILES string of the molecule is O=C(c1ccc2nc[nH]c2c1)N1CCC2CC1Cc1[nH]cnc12. The molecule has 1 saturated heterocycles. The third-order valence-electron chi connectivity index (χ3n) is 5.22. The van der Waals surface area contributed by atoms with Crippen LogP contribution >= 0.6 is 0 Å². The third kappa shape index (κ3) is 1.91. The number of nitrogens with one attached hydrogen (secondary N) is 2. The fourth-order valence-corrected chi connectivity index (χ4v) is 4.08. The van der Waals surface area contributed by atoms with Crippen molar-refractivity contribution in [2.24, 2.45) is 0 Å². The van der Waals surface area contributed by atoms with Crippen molar-refractivity contribution in [2.45, 2.75) is 31.2 Å². The van der Waals surface area contributed by atoms with Crippen molar-refractivity contribution in [1.82, 2.24) is 24.8 Å². The summed E-state index contributed by atoms with van der Waals surface area (Å²) in [5, 5.41) is 0. The first kappa shape index (κ1) is 12.9. The number of nitrogens with zero attached hydrogens (tertiary/aromatic N) is 3. The Hall–Kier alpha value is -2.63. The zero-order chi connectivity index (χ0) is 15.4. The molecule has 1 aliphatic heterocycles. The molecule has 23 heavy (non-hydrogen) atoms. The minimum absolute atomic E-state index is 0.118. The van der Waals surface area contributed by atoms with Crippen LogP contribution in [0.5, 0.6) is 0 Å². The molecule has 2 aromatic heterocycles. The maximum absolute atomic E-state index is 13.0. The number of amides is 1. The summed E-state index contributed by atoms with van der Waals surface area (Å²) in [6.07, 6.45) is 6.33. The lowest BCUT2D eigenvalue weighted by Gasteiger charge is -2.42. The van der Waals surface area contributed by atoms with Gasteiger partial charge in [0.2, 0.25) is 0 Å². The van der Waals surface area contributed by atoms with Gasteiger partial charge in [-0.25, -0.2) is 9.97 Å². The van der Waals surface area contributed by atoms with E-state index in [0.29, 0.717) is 5.92 Å². The van der Waals surface area contributed by atoms with Crippen LogP contribution in [0.2, 0.25) is 0 Å². The number of imidazole rings is 2. The molecule has 5 rings (SSSR count). The number of rotatable bonds is 1. The molecule has 6 heteroatoms. The van der Waals surface area contributed by atoms with Crippen LogP contribution in [-0.4, -0.2) is 43.3 Å². The fraction of sp³-hybridized carbons (Fsp3) is 0.353. The van der Waals surface area contributed by atoms with Crippen LogP contribution in [-0.2, 0) is 6.42 Å². The first-order chi connectivity index (χ1) is 11.3. The molecule has 0 radical (unpaired) electrons. The molecule has 2 atom stereocenters. The molecule has 0 saturated carbocycles. The lowest BCUT2D eigenvalue weighted by Crippen LogP contribution is -2.48. The average molecular weight is 307 g/mol. The summed E-state index contributed by atoms with van der Waals surface area (Å²) in [6.45, 7) is 0.807. The molecule has 2 unspecified atom stereocenters. The largest absolute Gasteiger partial charge is 0.348 e. The van der Waals surface area contributed by atoms with E-state index in [0.717, 1.165) is 42.4 Å². The van der Waals surface area contributed by atoms with Gasteiger partial charge in [0.25, 0.3) is 5.91 Å². The summed E-state index contributed by atoms with van der Waals surface area (Å²) >= 11 is 0. The molecule has 2 aliphatic rings. The molecule has 0 spiro atoms. The molecule has 3 aromatic rings. The van der Waals surface area contributed by atoms with Gasteiger partial charge in [0.15, 0.2) is 0 Å². The highest BCUT2D eigenvalue weighted by molar-refractivity contribution is 5.97. The number of H-pyrrole nitrogens is 2. The van der Waals surface area contributed by atoms with E-state index in [1.807, 2.05) is 23.1 Å². The monoisotopic (exact) mass is 307 g/mol. The van der Waals surface area contributed by atoms with Gasteiger partial charge in [-0.1, -0.05) is 0 Å². The zero-order valence-corrected chi connectivity index (χ0v) is 12.6. The van der Waals surface area contributed by atoms with Crippen molar-refractivity contribution >= 4 is 16.9 Å². The Balaban J connectivity index is 1.46. The lowest BCUT2D eigenvalue weighted by molar-refractivity contribution is 0.0571. The maximum Gasteiger partial charge on any atom is 0.254 e. The number of hydrogen-bond donors (Lipinski definition) is 2. The number of aromatic amines is 2. The normalized spacial score (nSPS) is 23.0. The van der Waals surface area contributed by atoms with Crippen LogP contribution in [0.1, 0.15) is 40.5 Å². The molecule has 1 aliphatic carbocycles. The van der Waals surface area contributed by atoms with E-state index in [-0.39, 0.29) is 11.9 Å². The highest BCUT2D eigenvalue weighted by atomic mass is 16.2. The van der Waals surface area contributed by atoms with Crippen molar-refractivity contribution in [1.29, 1.82) is 0 Å². The molecule has 1 aromatic carbocycles. The molecule has 116 valence electrons. The van der Waals surface area contributed by atoms with Crippen LogP contribution in [0.25, 0.3) is 11.0 Å². The summed E-state index contributed by atoms with van der Waals surface area (Å²) in [4.78, 5) is 30.0. The number of hydrogen-bond acceptors (Lipinski definition) is 3. The van der Waals surface area contributed by atoms with E-state index in [1.165, 1.54) is 11.4 Å². The van der Waals surface area contributed by atoms with Crippen molar-refractivity contribution in [3.8, 4) is 0 Å². The van der Waals surface area contributed by atoms with Crippen LogP contribution < -0.4 is 0 Å². The summed E-state index contributed by atoms with van der Waals surface area (Å²) in [6, 6.07) is 5.95. The maximum atomic E-state index is 13.0. The smallest absolute Gasteiger partial charge is 0.254 e. The molecule has 2 N–H and O–H groups in total. The standard InChI is InChI=1S/C17H17N5O/c23-17(11-1-2-13-14(6-11)19-8-18-13)22-4-3-10-5-12(22)7-15-16(10)21-9-20-15/h1-2,6,8-10,12H,3-5,7H2,(H,18,19)(H,20,21). The Kier molecular flexibility index (Phi) is 2.62. The second-order valence-electron chi connectivity index (χ2n) is 6.48. The van der Waals surface area contributed by atoms with Crippen molar-refractivity contribution < 1.29 is 4.79 Å². The quantitative estimate of drug-likeness (QED) is 0.723. The van der Waals surface area contributed by atoms with Crippen LogP contribution in [0.15, 0.2) is 30.9 Å². The molecular weight excluding hydrogens is 290 g/mol. The van der Waals surface area contributed by atoms with Gasteiger partial charge in [0, 0.05) is 36.2 Å². The summed E-state index contributed by atoms with van der Waals surface area (Å²) in [7, 11) is 0. The van der Waals surface area contributed by atoms with Gasteiger partial charge >= 0.3 is 0 Å². The molecular formula is C17H17N5O. The van der Waals surface area contributed by atoms with Crippen molar-refractivity contribution in [3.05, 3.63) is 47.8 Å². The van der Waals surface area contributed by atoms with E-state index < -0.39 is 0 Å². The van der Waals surface area contributed by atoms with Gasteiger partial charge in [-0.15, -0.1) is 0 Å². The lowest BCUT2D eigenvalue weighted by atomic mass is 9.80. The van der Waals surface area contributed by atoms with Crippen molar-refractivity contribution in [2.75, 3.05) is 6.54 Å². The Labute approximate surface area is 132 Å². The number of carbonyl (C=O) groups is 1. The number of likely N-dealkylation sites (tertiary alicyclic amines) is 1. The molecule has 2 bridgehead atoms. The van der Waals surface area contributed by atoms with Gasteiger partial charge in [-0.2, -0.15) is 0 Å². The molecule has 6 nitrogen and oxygen atoms in total. The second kappa shape index (κ2) is 4.68. The second-order valence-corrected chi connectivity index (χ2v) is 6.48. The van der Waals surface area contributed by atoms with Crippen LogP contribution in [0.4, 0.5) is 0 Å². The highest BCUT2D eigenvalue weighted by Gasteiger charge is 2.38. The van der Waals surface area contributed by atoms with E-state index in [2.05, 4.69) is 19.9 Å². The zero-order valence-electron chi connectivity index (χ0n) is 12.6. The number of aromatic nitrogens is 4. The number of carbonyl (C=O) groups excluding carboxylic acids is 1. The van der Waals surface area contributed by atoms with E-state index in [9.17, 15) is 4.79 Å². The topological polar surface area (TPSA) is 77.7 Å². The number of benzene rings is 1. The highest BCUT2D eigenvalue weighted by Crippen LogP contribution is 2.38. The minimum atomic E-state index is 0.118. The summed E-state index contributed by atoms with van der Waals surface area (Å²) in [5.41, 5.74) is 4.95. The average Bonchev–Trinajstić information content (AvgIpc) is 3.22.